The molecule has 0 aromatic heterocycles. The van der Waals surface area contributed by atoms with Gasteiger partial charge in [0.2, 0.25) is 0 Å². The zero-order valence-electron chi connectivity index (χ0n) is 8.94. The molecule has 0 saturated carbocycles. The van der Waals surface area contributed by atoms with E-state index in [4.69, 9.17) is 27.9 Å². The molecule has 2 aromatic rings. The van der Waals surface area contributed by atoms with Gasteiger partial charge in [-0.15, -0.1) is 0 Å². The number of rotatable bonds is 2. The summed E-state index contributed by atoms with van der Waals surface area (Å²) < 4.78 is 5.68. The second-order valence-corrected chi connectivity index (χ2v) is 4.96. The highest BCUT2D eigenvalue weighted by atomic mass is 35.5. The molecule has 0 aliphatic carbocycles. The molecule has 1 saturated heterocycles. The highest BCUT2D eigenvalue weighted by Gasteiger charge is 2.41. The molecule has 1 heterocycles. The molecule has 2 aromatic carbocycles. The van der Waals surface area contributed by atoms with Crippen LogP contribution in [0.2, 0.25) is 10.0 Å². The fraction of sp³-hybridized carbons (Fsp3) is 0.143. The molecule has 2 atom stereocenters. The van der Waals surface area contributed by atoms with Gasteiger partial charge in [0.1, 0.15) is 12.2 Å². The molecule has 0 radical (unpaired) electrons. The number of halogens is 2. The molecule has 0 N–H and O–H groups in total. The molecule has 17 heavy (non-hydrogen) atoms. The van der Waals surface area contributed by atoms with Crippen LogP contribution in [-0.2, 0) is 4.74 Å². The number of hydrogen-bond acceptors (Lipinski definition) is 1. The van der Waals surface area contributed by atoms with Crippen LogP contribution in [0.3, 0.4) is 0 Å². The van der Waals surface area contributed by atoms with Crippen molar-refractivity contribution in [2.75, 3.05) is 0 Å². The number of ether oxygens (including phenoxy) is 1. The van der Waals surface area contributed by atoms with Crippen LogP contribution in [0.1, 0.15) is 23.3 Å². The SMILES string of the molecule is Clc1cccc(C2OC2c2cccc(Cl)c2)c1. The van der Waals surface area contributed by atoms with Crippen LogP contribution in [0, 0.1) is 0 Å². The van der Waals surface area contributed by atoms with E-state index >= 15 is 0 Å². The average Bonchev–Trinajstić information content (AvgIpc) is 3.09. The highest BCUT2D eigenvalue weighted by molar-refractivity contribution is 6.30. The summed E-state index contributed by atoms with van der Waals surface area (Å²) in [4.78, 5) is 0. The average molecular weight is 265 g/mol. The molecule has 3 rings (SSSR count). The molecule has 2 unspecified atom stereocenters. The Kier molecular flexibility index (Phi) is 2.83. The molecule has 3 heteroatoms. The summed E-state index contributed by atoms with van der Waals surface area (Å²) in [5.74, 6) is 0. The van der Waals surface area contributed by atoms with Crippen molar-refractivity contribution in [3.63, 3.8) is 0 Å². The first kappa shape index (κ1) is 11.1. The third-order valence-electron chi connectivity index (χ3n) is 2.85. The van der Waals surface area contributed by atoms with Crippen LogP contribution in [0.5, 0.6) is 0 Å². The molecule has 1 aliphatic heterocycles. The first-order chi connectivity index (χ1) is 8.24. The summed E-state index contributed by atoms with van der Waals surface area (Å²) in [7, 11) is 0. The molecule has 0 amide bonds. The summed E-state index contributed by atoms with van der Waals surface area (Å²) in [6, 6.07) is 15.5. The van der Waals surface area contributed by atoms with E-state index in [-0.39, 0.29) is 12.2 Å². The van der Waals surface area contributed by atoms with Crippen LogP contribution in [-0.4, -0.2) is 0 Å². The normalized spacial score (nSPS) is 22.5. The minimum Gasteiger partial charge on any atom is -0.359 e. The topological polar surface area (TPSA) is 12.5 Å². The van der Waals surface area contributed by atoms with E-state index in [0.717, 1.165) is 21.2 Å². The Hall–Kier alpha value is -1.02. The fourth-order valence-corrected chi connectivity index (χ4v) is 2.38. The van der Waals surface area contributed by atoms with Crippen molar-refractivity contribution in [2.45, 2.75) is 12.2 Å². The van der Waals surface area contributed by atoms with Gasteiger partial charge in [-0.25, -0.2) is 0 Å². The van der Waals surface area contributed by atoms with Gasteiger partial charge < -0.3 is 4.74 Å². The van der Waals surface area contributed by atoms with Gasteiger partial charge in [-0.1, -0.05) is 47.5 Å². The summed E-state index contributed by atoms with van der Waals surface area (Å²) in [6.45, 7) is 0. The molecule has 0 bridgehead atoms. The van der Waals surface area contributed by atoms with Crippen molar-refractivity contribution >= 4 is 23.2 Å². The molecule has 1 nitrogen and oxygen atoms in total. The lowest BCUT2D eigenvalue weighted by atomic mass is 10.0. The Labute approximate surface area is 110 Å². The highest BCUT2D eigenvalue weighted by Crippen LogP contribution is 2.51. The van der Waals surface area contributed by atoms with Gasteiger partial charge in [-0.3, -0.25) is 0 Å². The van der Waals surface area contributed by atoms with Crippen LogP contribution >= 0.6 is 23.2 Å². The van der Waals surface area contributed by atoms with E-state index in [1.165, 1.54) is 0 Å². The standard InChI is InChI=1S/C14H10Cl2O/c15-11-5-1-3-9(7-11)13-14(17-13)10-4-2-6-12(16)8-10/h1-8,13-14H. The van der Waals surface area contributed by atoms with Crippen LogP contribution < -0.4 is 0 Å². The van der Waals surface area contributed by atoms with Gasteiger partial charge in [0, 0.05) is 10.0 Å². The Balaban J connectivity index is 1.83. The number of hydrogen-bond donors (Lipinski definition) is 0. The van der Waals surface area contributed by atoms with Gasteiger partial charge in [0.15, 0.2) is 0 Å². The van der Waals surface area contributed by atoms with E-state index < -0.39 is 0 Å². The van der Waals surface area contributed by atoms with Gasteiger partial charge >= 0.3 is 0 Å². The monoisotopic (exact) mass is 264 g/mol. The van der Waals surface area contributed by atoms with Crippen molar-refractivity contribution in [3.8, 4) is 0 Å². The molecule has 0 spiro atoms. The predicted molar refractivity (Wildman–Crippen MR) is 69.5 cm³/mol. The Bertz CT molecular complexity index is 504. The van der Waals surface area contributed by atoms with E-state index in [9.17, 15) is 0 Å². The van der Waals surface area contributed by atoms with Crippen LogP contribution in [0.25, 0.3) is 0 Å². The maximum absolute atomic E-state index is 5.96. The Morgan fingerprint density at radius 3 is 1.65 bits per heavy atom. The van der Waals surface area contributed by atoms with Crippen molar-refractivity contribution < 1.29 is 4.74 Å². The second-order valence-electron chi connectivity index (χ2n) is 4.09. The van der Waals surface area contributed by atoms with Crippen LogP contribution in [0.4, 0.5) is 0 Å². The third-order valence-corrected chi connectivity index (χ3v) is 3.32. The first-order valence-corrected chi connectivity index (χ1v) is 6.16. The van der Waals surface area contributed by atoms with Crippen LogP contribution in [0.15, 0.2) is 48.5 Å². The molecular formula is C14H10Cl2O. The minimum absolute atomic E-state index is 0.104. The summed E-state index contributed by atoms with van der Waals surface area (Å²) in [5.41, 5.74) is 2.23. The summed E-state index contributed by atoms with van der Waals surface area (Å²) >= 11 is 11.9. The lowest BCUT2D eigenvalue weighted by Crippen LogP contribution is -1.84. The minimum atomic E-state index is 0.104. The zero-order valence-corrected chi connectivity index (χ0v) is 10.4. The van der Waals surface area contributed by atoms with Gasteiger partial charge in [-0.2, -0.15) is 0 Å². The third kappa shape index (κ3) is 2.32. The summed E-state index contributed by atoms with van der Waals surface area (Å²) in [5, 5.41) is 1.48. The largest absolute Gasteiger partial charge is 0.359 e. The lowest BCUT2D eigenvalue weighted by Gasteiger charge is -1.98. The Morgan fingerprint density at radius 2 is 1.24 bits per heavy atom. The first-order valence-electron chi connectivity index (χ1n) is 5.40. The Morgan fingerprint density at radius 1 is 0.765 bits per heavy atom. The smallest absolute Gasteiger partial charge is 0.114 e. The van der Waals surface area contributed by atoms with E-state index in [1.807, 2.05) is 48.5 Å². The fourth-order valence-electron chi connectivity index (χ4n) is 1.99. The lowest BCUT2D eigenvalue weighted by molar-refractivity contribution is 0.377. The van der Waals surface area contributed by atoms with E-state index in [1.54, 1.807) is 0 Å². The zero-order chi connectivity index (χ0) is 11.8. The van der Waals surface area contributed by atoms with Crippen molar-refractivity contribution in [3.05, 3.63) is 69.7 Å². The number of benzene rings is 2. The van der Waals surface area contributed by atoms with Crippen molar-refractivity contribution in [2.24, 2.45) is 0 Å². The maximum Gasteiger partial charge on any atom is 0.114 e. The van der Waals surface area contributed by atoms with Crippen molar-refractivity contribution in [1.82, 2.24) is 0 Å². The van der Waals surface area contributed by atoms with Crippen molar-refractivity contribution in [1.29, 1.82) is 0 Å². The van der Waals surface area contributed by atoms with Gasteiger partial charge in [-0.05, 0) is 35.4 Å². The maximum atomic E-state index is 5.96. The van der Waals surface area contributed by atoms with E-state index in [2.05, 4.69) is 0 Å². The van der Waals surface area contributed by atoms with Gasteiger partial charge in [0.25, 0.3) is 0 Å². The quantitative estimate of drug-likeness (QED) is 0.710. The molecular weight excluding hydrogens is 255 g/mol. The van der Waals surface area contributed by atoms with E-state index in [0.29, 0.717) is 0 Å². The number of epoxide rings is 1. The van der Waals surface area contributed by atoms with Gasteiger partial charge in [0.05, 0.1) is 0 Å². The molecule has 1 fully saturated rings. The summed E-state index contributed by atoms with van der Waals surface area (Å²) in [6.07, 6.45) is 0.208. The molecule has 1 aliphatic rings. The molecule has 86 valence electrons. The predicted octanol–water partition coefficient (Wildman–Crippen LogP) is 4.81. The second kappa shape index (κ2) is 4.34.